The van der Waals surface area contributed by atoms with E-state index in [1.54, 1.807) is 31.5 Å². The van der Waals surface area contributed by atoms with Crippen molar-refractivity contribution in [3.8, 4) is 11.5 Å². The number of carbonyl (C=O) groups is 1. The van der Waals surface area contributed by atoms with Crippen molar-refractivity contribution in [2.24, 2.45) is 5.10 Å². The maximum atomic E-state index is 12.3. The predicted octanol–water partition coefficient (Wildman–Crippen LogP) is 3.62. The Bertz CT molecular complexity index is 935. The summed E-state index contributed by atoms with van der Waals surface area (Å²) in [6, 6.07) is 19.0. The third-order valence-electron chi connectivity index (χ3n) is 3.81. The molecule has 0 aliphatic rings. The van der Waals surface area contributed by atoms with E-state index in [4.69, 9.17) is 9.47 Å². The maximum Gasteiger partial charge on any atom is 0.275 e. The average Bonchev–Trinajstić information content (AvgIpc) is 2.67. The summed E-state index contributed by atoms with van der Waals surface area (Å²) in [5.41, 5.74) is 3.81. The molecule has 5 nitrogen and oxygen atoms in total. The molecule has 5 heteroatoms. The van der Waals surface area contributed by atoms with Crippen LogP contribution in [0.25, 0.3) is 10.8 Å². The molecule has 0 aliphatic heterocycles. The van der Waals surface area contributed by atoms with Crippen molar-refractivity contribution >= 4 is 22.9 Å². The van der Waals surface area contributed by atoms with Gasteiger partial charge in [-0.3, -0.25) is 4.79 Å². The SMILES string of the molecule is COc1ccc(C(=O)N/N=C/c2ccc3ccccc3c2)c(OC)c1. The lowest BCUT2D eigenvalue weighted by Gasteiger charge is -2.08. The number of nitrogens with one attached hydrogen (secondary N) is 1. The van der Waals surface area contributed by atoms with Gasteiger partial charge in [0.15, 0.2) is 0 Å². The molecule has 0 saturated heterocycles. The second kappa shape index (κ2) is 7.49. The molecule has 0 bridgehead atoms. The van der Waals surface area contributed by atoms with Gasteiger partial charge in [0, 0.05) is 6.07 Å². The fourth-order valence-corrected chi connectivity index (χ4v) is 2.50. The number of fused-ring (bicyclic) bond motifs is 1. The van der Waals surface area contributed by atoms with E-state index in [-0.39, 0.29) is 5.91 Å². The van der Waals surface area contributed by atoms with Crippen molar-refractivity contribution < 1.29 is 14.3 Å². The zero-order valence-electron chi connectivity index (χ0n) is 14.0. The molecule has 1 amide bonds. The third kappa shape index (κ3) is 3.77. The van der Waals surface area contributed by atoms with Crippen LogP contribution in [-0.2, 0) is 0 Å². The van der Waals surface area contributed by atoms with Crippen molar-refractivity contribution in [2.45, 2.75) is 0 Å². The van der Waals surface area contributed by atoms with Gasteiger partial charge in [-0.15, -0.1) is 0 Å². The Hall–Kier alpha value is -3.34. The van der Waals surface area contributed by atoms with Gasteiger partial charge in [0.25, 0.3) is 5.91 Å². The Morgan fingerprint density at radius 1 is 0.960 bits per heavy atom. The molecule has 0 radical (unpaired) electrons. The maximum absolute atomic E-state index is 12.3. The number of hydrazone groups is 1. The molecular weight excluding hydrogens is 316 g/mol. The third-order valence-corrected chi connectivity index (χ3v) is 3.81. The number of hydrogen-bond acceptors (Lipinski definition) is 4. The minimum Gasteiger partial charge on any atom is -0.497 e. The molecule has 25 heavy (non-hydrogen) atoms. The fourth-order valence-electron chi connectivity index (χ4n) is 2.50. The van der Waals surface area contributed by atoms with Crippen LogP contribution in [0.5, 0.6) is 11.5 Å². The van der Waals surface area contributed by atoms with Crippen LogP contribution >= 0.6 is 0 Å². The van der Waals surface area contributed by atoms with Crippen LogP contribution in [0.4, 0.5) is 0 Å². The Labute approximate surface area is 145 Å². The number of benzene rings is 3. The summed E-state index contributed by atoms with van der Waals surface area (Å²) < 4.78 is 10.4. The lowest BCUT2D eigenvalue weighted by molar-refractivity contribution is 0.0952. The number of hydrogen-bond donors (Lipinski definition) is 1. The van der Waals surface area contributed by atoms with E-state index < -0.39 is 0 Å². The first kappa shape index (κ1) is 16.5. The van der Waals surface area contributed by atoms with Crippen LogP contribution in [0.1, 0.15) is 15.9 Å². The zero-order valence-corrected chi connectivity index (χ0v) is 14.0. The monoisotopic (exact) mass is 334 g/mol. The van der Waals surface area contributed by atoms with E-state index in [2.05, 4.69) is 10.5 Å². The largest absolute Gasteiger partial charge is 0.497 e. The van der Waals surface area contributed by atoms with Crippen LogP contribution < -0.4 is 14.9 Å². The van der Waals surface area contributed by atoms with Gasteiger partial charge in [-0.2, -0.15) is 5.10 Å². The highest BCUT2D eigenvalue weighted by atomic mass is 16.5. The lowest BCUT2D eigenvalue weighted by Crippen LogP contribution is -2.18. The van der Waals surface area contributed by atoms with Crippen LogP contribution in [0.2, 0.25) is 0 Å². The molecule has 0 aromatic heterocycles. The number of ether oxygens (including phenoxy) is 2. The van der Waals surface area contributed by atoms with Crippen molar-refractivity contribution in [2.75, 3.05) is 14.2 Å². The second-order valence-corrected chi connectivity index (χ2v) is 5.37. The van der Waals surface area contributed by atoms with Crippen molar-refractivity contribution in [3.05, 3.63) is 71.8 Å². The number of amides is 1. The summed E-state index contributed by atoms with van der Waals surface area (Å²) in [4.78, 5) is 12.3. The highest BCUT2D eigenvalue weighted by Crippen LogP contribution is 2.24. The van der Waals surface area contributed by atoms with E-state index in [0.717, 1.165) is 16.3 Å². The quantitative estimate of drug-likeness (QED) is 0.573. The number of carbonyl (C=O) groups excluding carboxylic acids is 1. The Morgan fingerprint density at radius 2 is 1.76 bits per heavy atom. The summed E-state index contributed by atoms with van der Waals surface area (Å²) in [6.07, 6.45) is 1.61. The van der Waals surface area contributed by atoms with Gasteiger partial charge in [0.05, 0.1) is 26.0 Å². The van der Waals surface area contributed by atoms with Gasteiger partial charge in [-0.25, -0.2) is 5.43 Å². The minimum absolute atomic E-state index is 0.350. The zero-order chi connectivity index (χ0) is 17.6. The van der Waals surface area contributed by atoms with Crippen LogP contribution in [0.3, 0.4) is 0 Å². The van der Waals surface area contributed by atoms with E-state index in [9.17, 15) is 4.79 Å². The summed E-state index contributed by atoms with van der Waals surface area (Å²) in [7, 11) is 3.06. The van der Waals surface area contributed by atoms with Crippen LogP contribution in [0.15, 0.2) is 65.8 Å². The second-order valence-electron chi connectivity index (χ2n) is 5.37. The van der Waals surface area contributed by atoms with E-state index in [1.807, 2.05) is 42.5 Å². The molecule has 0 atom stereocenters. The predicted molar refractivity (Wildman–Crippen MR) is 98.6 cm³/mol. The molecule has 0 saturated carbocycles. The summed E-state index contributed by atoms with van der Waals surface area (Å²) in [5.74, 6) is 0.697. The highest BCUT2D eigenvalue weighted by Gasteiger charge is 2.12. The molecule has 0 fully saturated rings. The average molecular weight is 334 g/mol. The number of nitrogens with zero attached hydrogens (tertiary/aromatic N) is 1. The van der Waals surface area contributed by atoms with Crippen LogP contribution in [0, 0.1) is 0 Å². The highest BCUT2D eigenvalue weighted by molar-refractivity contribution is 5.98. The molecular formula is C20H18N2O3. The smallest absolute Gasteiger partial charge is 0.275 e. The summed E-state index contributed by atoms with van der Waals surface area (Å²) >= 11 is 0. The molecule has 1 N–H and O–H groups in total. The topological polar surface area (TPSA) is 59.9 Å². The normalized spacial score (nSPS) is 10.8. The number of methoxy groups -OCH3 is 2. The van der Waals surface area contributed by atoms with Gasteiger partial charge >= 0.3 is 0 Å². The molecule has 3 aromatic carbocycles. The van der Waals surface area contributed by atoms with E-state index in [0.29, 0.717) is 17.1 Å². The van der Waals surface area contributed by atoms with Gasteiger partial charge in [-0.05, 0) is 34.5 Å². The first-order valence-corrected chi connectivity index (χ1v) is 7.75. The number of rotatable bonds is 5. The first-order chi connectivity index (χ1) is 12.2. The summed E-state index contributed by atoms with van der Waals surface area (Å²) in [6.45, 7) is 0. The Kier molecular flexibility index (Phi) is 4.95. The van der Waals surface area contributed by atoms with Crippen molar-refractivity contribution in [3.63, 3.8) is 0 Å². The van der Waals surface area contributed by atoms with E-state index >= 15 is 0 Å². The van der Waals surface area contributed by atoms with Gasteiger partial charge in [0.1, 0.15) is 11.5 Å². The Balaban J connectivity index is 1.73. The van der Waals surface area contributed by atoms with Gasteiger partial charge < -0.3 is 9.47 Å². The molecule has 3 rings (SSSR count). The van der Waals surface area contributed by atoms with Crippen molar-refractivity contribution in [1.82, 2.24) is 5.43 Å². The molecule has 0 aliphatic carbocycles. The molecule has 0 heterocycles. The molecule has 3 aromatic rings. The van der Waals surface area contributed by atoms with E-state index in [1.165, 1.54) is 7.11 Å². The first-order valence-electron chi connectivity index (χ1n) is 7.75. The van der Waals surface area contributed by atoms with Crippen molar-refractivity contribution in [1.29, 1.82) is 0 Å². The van der Waals surface area contributed by atoms with Crippen LogP contribution in [-0.4, -0.2) is 26.3 Å². The minimum atomic E-state index is -0.350. The standard InChI is InChI=1S/C20H18N2O3/c1-24-17-9-10-18(19(12-17)25-2)20(23)22-21-13-14-7-8-15-5-3-4-6-16(15)11-14/h3-13H,1-2H3,(H,22,23)/b21-13+. The van der Waals surface area contributed by atoms with Gasteiger partial charge in [0.2, 0.25) is 0 Å². The van der Waals surface area contributed by atoms with Gasteiger partial charge in [-0.1, -0.05) is 36.4 Å². The molecule has 0 spiro atoms. The molecule has 0 unspecified atom stereocenters. The summed E-state index contributed by atoms with van der Waals surface area (Å²) in [5, 5.41) is 6.31. The molecule has 126 valence electrons. The fraction of sp³-hybridized carbons (Fsp3) is 0.100. The lowest BCUT2D eigenvalue weighted by atomic mass is 10.1. The Morgan fingerprint density at radius 3 is 2.52 bits per heavy atom.